The van der Waals surface area contributed by atoms with Crippen molar-refractivity contribution in [3.63, 3.8) is 0 Å². The number of hydrogen-bond donors (Lipinski definition) is 2. The highest BCUT2D eigenvalue weighted by molar-refractivity contribution is 5.90. The molecule has 0 spiro atoms. The Morgan fingerprint density at radius 3 is 2.31 bits per heavy atom. The minimum absolute atomic E-state index is 0.0325. The van der Waals surface area contributed by atoms with Crippen LogP contribution in [0.25, 0.3) is 0 Å². The van der Waals surface area contributed by atoms with Gasteiger partial charge in [0.05, 0.1) is 12.1 Å². The fourth-order valence-electron chi connectivity index (χ4n) is 1.90. The molecule has 0 aromatic heterocycles. The van der Waals surface area contributed by atoms with Gasteiger partial charge in [-0.15, -0.1) is 0 Å². The Hall–Kier alpha value is -1.10. The summed E-state index contributed by atoms with van der Waals surface area (Å²) >= 11 is 0. The predicted octanol–water partition coefficient (Wildman–Crippen LogP) is -0.148. The second kappa shape index (κ2) is 5.30. The van der Waals surface area contributed by atoms with Gasteiger partial charge in [-0.05, 0) is 12.8 Å². The molecule has 0 atom stereocenters. The topological polar surface area (TPSA) is 75.4 Å². The highest BCUT2D eigenvalue weighted by Gasteiger charge is 2.35. The quantitative estimate of drug-likeness (QED) is 0.704. The molecule has 2 amide bonds. The molecule has 0 unspecified atom stereocenters. The zero-order valence-corrected chi connectivity index (χ0v) is 10.1. The van der Waals surface area contributed by atoms with Gasteiger partial charge in [-0.1, -0.05) is 19.3 Å². The van der Waals surface area contributed by atoms with Gasteiger partial charge in [0.1, 0.15) is 0 Å². The molecule has 0 heterocycles. The van der Waals surface area contributed by atoms with E-state index in [1.54, 1.807) is 14.1 Å². The fraction of sp³-hybridized carbons (Fsp3) is 0.818. The Kier molecular flexibility index (Phi) is 4.29. The molecule has 0 aliphatic heterocycles. The van der Waals surface area contributed by atoms with Crippen LogP contribution < -0.4 is 11.1 Å². The maximum Gasteiger partial charge on any atom is 0.241 e. The van der Waals surface area contributed by atoms with E-state index in [2.05, 4.69) is 5.32 Å². The third kappa shape index (κ3) is 3.20. The molecule has 16 heavy (non-hydrogen) atoms. The molecule has 1 aliphatic carbocycles. The van der Waals surface area contributed by atoms with Gasteiger partial charge in [0.2, 0.25) is 11.8 Å². The van der Waals surface area contributed by atoms with Crippen LogP contribution in [-0.2, 0) is 9.59 Å². The molecule has 0 aromatic carbocycles. The first-order valence-corrected chi connectivity index (χ1v) is 5.73. The minimum Gasteiger partial charge on any atom is -0.347 e. The second-order valence-corrected chi connectivity index (χ2v) is 4.69. The highest BCUT2D eigenvalue weighted by atomic mass is 16.2. The van der Waals surface area contributed by atoms with Gasteiger partial charge in [0, 0.05) is 14.1 Å². The summed E-state index contributed by atoms with van der Waals surface area (Å²) < 4.78 is 0. The van der Waals surface area contributed by atoms with Crippen molar-refractivity contribution < 1.29 is 9.59 Å². The number of likely N-dealkylation sites (N-methyl/N-ethyl adjacent to an activating group) is 1. The van der Waals surface area contributed by atoms with Crippen molar-refractivity contribution in [2.24, 2.45) is 5.73 Å². The SMILES string of the molecule is CN(C)C(=O)CNC(=O)C1(N)CCCCC1. The van der Waals surface area contributed by atoms with Crippen LogP contribution in [0, 0.1) is 0 Å². The van der Waals surface area contributed by atoms with Crippen LogP contribution in [0.3, 0.4) is 0 Å². The molecule has 92 valence electrons. The lowest BCUT2D eigenvalue weighted by molar-refractivity contribution is -0.133. The maximum atomic E-state index is 11.8. The fourth-order valence-corrected chi connectivity index (χ4v) is 1.90. The van der Waals surface area contributed by atoms with Crippen LogP contribution >= 0.6 is 0 Å². The lowest BCUT2D eigenvalue weighted by atomic mass is 9.82. The zero-order valence-electron chi connectivity index (χ0n) is 10.1. The maximum absolute atomic E-state index is 11.8. The highest BCUT2D eigenvalue weighted by Crippen LogP contribution is 2.25. The average molecular weight is 227 g/mol. The van der Waals surface area contributed by atoms with Gasteiger partial charge in [0.15, 0.2) is 0 Å². The van der Waals surface area contributed by atoms with Gasteiger partial charge in [-0.2, -0.15) is 0 Å². The monoisotopic (exact) mass is 227 g/mol. The molecule has 0 saturated heterocycles. The minimum atomic E-state index is -0.759. The van der Waals surface area contributed by atoms with Crippen LogP contribution in [0.2, 0.25) is 0 Å². The summed E-state index contributed by atoms with van der Waals surface area (Å²) in [6.07, 6.45) is 4.56. The number of carbonyl (C=O) groups excluding carboxylic acids is 2. The van der Waals surface area contributed by atoms with Crippen molar-refractivity contribution in [3.05, 3.63) is 0 Å². The van der Waals surface area contributed by atoms with Crippen molar-refractivity contribution in [1.29, 1.82) is 0 Å². The summed E-state index contributed by atoms with van der Waals surface area (Å²) in [5.74, 6) is -0.310. The molecular weight excluding hydrogens is 206 g/mol. The molecule has 5 heteroatoms. The summed E-state index contributed by atoms with van der Waals surface area (Å²) in [6.45, 7) is 0.0325. The third-order valence-corrected chi connectivity index (χ3v) is 3.10. The van der Waals surface area contributed by atoms with Gasteiger partial charge in [0.25, 0.3) is 0 Å². The Bertz CT molecular complexity index is 270. The number of carbonyl (C=O) groups is 2. The van der Waals surface area contributed by atoms with E-state index in [1.165, 1.54) is 4.90 Å². The number of amides is 2. The van der Waals surface area contributed by atoms with Gasteiger partial charge < -0.3 is 16.0 Å². The van der Waals surface area contributed by atoms with E-state index in [0.29, 0.717) is 0 Å². The largest absolute Gasteiger partial charge is 0.347 e. The summed E-state index contributed by atoms with van der Waals surface area (Å²) in [6, 6.07) is 0. The molecule has 3 N–H and O–H groups in total. The Balaban J connectivity index is 2.42. The van der Waals surface area contributed by atoms with E-state index in [4.69, 9.17) is 5.73 Å². The molecule has 5 nitrogen and oxygen atoms in total. The molecule has 0 bridgehead atoms. The van der Waals surface area contributed by atoms with E-state index in [1.807, 2.05) is 0 Å². The summed E-state index contributed by atoms with van der Waals surface area (Å²) in [7, 11) is 3.32. The summed E-state index contributed by atoms with van der Waals surface area (Å²) in [4.78, 5) is 24.6. The molecule has 1 rings (SSSR count). The van der Waals surface area contributed by atoms with Crippen LogP contribution in [0.4, 0.5) is 0 Å². The molecule has 0 aromatic rings. The van der Waals surface area contributed by atoms with E-state index in [0.717, 1.165) is 32.1 Å². The lowest BCUT2D eigenvalue weighted by Crippen LogP contribution is -2.56. The van der Waals surface area contributed by atoms with Crippen LogP contribution in [0.15, 0.2) is 0 Å². The number of nitrogens with one attached hydrogen (secondary N) is 1. The molecular formula is C11H21N3O2. The van der Waals surface area contributed by atoms with Crippen molar-refractivity contribution in [1.82, 2.24) is 10.2 Å². The molecule has 1 aliphatic rings. The molecule has 0 radical (unpaired) electrons. The number of hydrogen-bond acceptors (Lipinski definition) is 3. The van der Waals surface area contributed by atoms with Crippen molar-refractivity contribution in [2.75, 3.05) is 20.6 Å². The van der Waals surface area contributed by atoms with E-state index >= 15 is 0 Å². The summed E-state index contributed by atoms with van der Waals surface area (Å²) in [5, 5.41) is 2.62. The Morgan fingerprint density at radius 1 is 1.25 bits per heavy atom. The van der Waals surface area contributed by atoms with Crippen LogP contribution in [-0.4, -0.2) is 42.9 Å². The smallest absolute Gasteiger partial charge is 0.241 e. The average Bonchev–Trinajstić information content (AvgIpc) is 2.26. The Labute approximate surface area is 96.4 Å². The number of nitrogens with two attached hydrogens (primary N) is 1. The summed E-state index contributed by atoms with van der Waals surface area (Å²) in [5.41, 5.74) is 5.27. The van der Waals surface area contributed by atoms with Crippen molar-refractivity contribution in [3.8, 4) is 0 Å². The van der Waals surface area contributed by atoms with Gasteiger partial charge >= 0.3 is 0 Å². The number of rotatable bonds is 3. The first-order valence-electron chi connectivity index (χ1n) is 5.73. The van der Waals surface area contributed by atoms with Gasteiger partial charge in [-0.25, -0.2) is 0 Å². The predicted molar refractivity (Wildman–Crippen MR) is 61.7 cm³/mol. The standard InChI is InChI=1S/C11H21N3O2/c1-14(2)9(15)8-13-10(16)11(12)6-4-3-5-7-11/h3-8,12H2,1-2H3,(H,13,16). The molecule has 1 saturated carbocycles. The zero-order chi connectivity index (χ0) is 12.2. The van der Waals surface area contributed by atoms with E-state index in [9.17, 15) is 9.59 Å². The van der Waals surface area contributed by atoms with Crippen LogP contribution in [0.5, 0.6) is 0 Å². The third-order valence-electron chi connectivity index (χ3n) is 3.10. The number of nitrogens with zero attached hydrogens (tertiary/aromatic N) is 1. The lowest BCUT2D eigenvalue weighted by Gasteiger charge is -2.31. The van der Waals surface area contributed by atoms with Crippen molar-refractivity contribution in [2.45, 2.75) is 37.6 Å². The van der Waals surface area contributed by atoms with E-state index in [-0.39, 0.29) is 18.4 Å². The molecule has 1 fully saturated rings. The van der Waals surface area contributed by atoms with Crippen LogP contribution in [0.1, 0.15) is 32.1 Å². The first kappa shape index (κ1) is 13.0. The second-order valence-electron chi connectivity index (χ2n) is 4.69. The first-order chi connectivity index (χ1) is 7.46. The normalized spacial score (nSPS) is 18.9. The Morgan fingerprint density at radius 2 is 1.81 bits per heavy atom. The van der Waals surface area contributed by atoms with E-state index < -0.39 is 5.54 Å². The van der Waals surface area contributed by atoms with Gasteiger partial charge in [-0.3, -0.25) is 9.59 Å². The van der Waals surface area contributed by atoms with Crippen molar-refractivity contribution >= 4 is 11.8 Å².